The number of fused-ring (bicyclic) bond motifs is 1. The number of methoxy groups -OCH3 is 2. The third-order valence-electron chi connectivity index (χ3n) is 7.05. The summed E-state index contributed by atoms with van der Waals surface area (Å²) in [6.07, 6.45) is 0. The third kappa shape index (κ3) is 5.65. The molecule has 1 amide bonds. The maximum atomic E-state index is 13.0. The van der Waals surface area contributed by atoms with Crippen LogP contribution in [0.5, 0.6) is 28.9 Å². The quantitative estimate of drug-likeness (QED) is 0.205. The number of rotatable bonds is 8. The Kier molecular flexibility index (Phi) is 7.63. The Bertz CT molecular complexity index is 1840. The molecule has 1 N–H and O–H groups in total. The molecule has 0 spiro atoms. The van der Waals surface area contributed by atoms with Crippen LogP contribution >= 0.6 is 0 Å². The third-order valence-corrected chi connectivity index (χ3v) is 7.05. The van der Waals surface area contributed by atoms with Crippen LogP contribution in [0, 0.1) is 6.92 Å². The number of amides is 1. The van der Waals surface area contributed by atoms with E-state index in [-0.39, 0.29) is 18.6 Å². The molecule has 222 valence electrons. The minimum Gasteiger partial charge on any atom is -0.497 e. The van der Waals surface area contributed by atoms with Crippen LogP contribution in [-0.2, 0) is 4.79 Å². The normalized spacial score (nSPS) is 11.6. The number of hydrogen-bond acceptors (Lipinski definition) is 8. The Morgan fingerprint density at radius 1 is 0.818 bits per heavy atom. The van der Waals surface area contributed by atoms with Crippen molar-refractivity contribution in [1.82, 2.24) is 9.78 Å². The van der Waals surface area contributed by atoms with Crippen molar-refractivity contribution in [1.29, 1.82) is 0 Å². The fourth-order valence-electron chi connectivity index (χ4n) is 4.86. The fraction of sp³-hybridized carbons (Fsp3) is 0.147. The molecule has 5 aromatic rings. The summed E-state index contributed by atoms with van der Waals surface area (Å²) in [5, 5.41) is 7.85. The zero-order valence-corrected chi connectivity index (χ0v) is 24.5. The van der Waals surface area contributed by atoms with Gasteiger partial charge in [0.15, 0.2) is 11.5 Å². The second-order valence-electron chi connectivity index (χ2n) is 10.1. The van der Waals surface area contributed by atoms with Crippen LogP contribution < -0.4 is 29.0 Å². The van der Waals surface area contributed by atoms with Crippen molar-refractivity contribution in [2.24, 2.45) is 0 Å². The van der Waals surface area contributed by atoms with Gasteiger partial charge in [0.1, 0.15) is 17.2 Å². The zero-order chi connectivity index (χ0) is 30.8. The molecule has 0 radical (unpaired) electrons. The first-order chi connectivity index (χ1) is 21.3. The van der Waals surface area contributed by atoms with Crippen molar-refractivity contribution < 1.29 is 33.3 Å². The van der Waals surface area contributed by atoms with Crippen molar-refractivity contribution in [2.45, 2.75) is 13.8 Å². The van der Waals surface area contributed by atoms with Gasteiger partial charge < -0.3 is 29.0 Å². The molecular weight excluding hydrogens is 562 g/mol. The summed E-state index contributed by atoms with van der Waals surface area (Å²) >= 11 is 0. The van der Waals surface area contributed by atoms with Crippen LogP contribution in [0.4, 0.5) is 5.69 Å². The van der Waals surface area contributed by atoms with Crippen molar-refractivity contribution >= 4 is 17.6 Å². The Morgan fingerprint density at radius 2 is 1.50 bits per heavy atom. The van der Waals surface area contributed by atoms with Crippen LogP contribution in [0.1, 0.15) is 22.8 Å². The Morgan fingerprint density at radius 3 is 2.16 bits per heavy atom. The average molecular weight is 592 g/mol. The van der Waals surface area contributed by atoms with Crippen LogP contribution in [0.25, 0.3) is 28.1 Å². The highest BCUT2D eigenvalue weighted by molar-refractivity contribution is 6.05. The number of benzene rings is 4. The molecule has 0 unspecified atom stereocenters. The van der Waals surface area contributed by atoms with Gasteiger partial charge in [-0.15, -0.1) is 0 Å². The number of hydrogen-bond donors (Lipinski definition) is 1. The Labute approximate surface area is 253 Å². The van der Waals surface area contributed by atoms with Crippen LogP contribution in [0.15, 0.2) is 84.9 Å². The first kappa shape index (κ1) is 28.4. The summed E-state index contributed by atoms with van der Waals surface area (Å²) < 4.78 is 29.2. The van der Waals surface area contributed by atoms with Crippen molar-refractivity contribution in [3.05, 3.63) is 96.1 Å². The molecule has 1 aliphatic rings. The lowest BCUT2D eigenvalue weighted by Crippen LogP contribution is -2.11. The number of nitrogens with one attached hydrogen (secondary N) is 1. The molecule has 1 aliphatic heterocycles. The predicted molar refractivity (Wildman–Crippen MR) is 164 cm³/mol. The van der Waals surface area contributed by atoms with Crippen LogP contribution in [-0.4, -0.2) is 42.7 Å². The Balaban J connectivity index is 1.44. The van der Waals surface area contributed by atoms with Gasteiger partial charge >= 0.3 is 5.97 Å². The topological polar surface area (TPSA) is 110 Å². The molecule has 0 atom stereocenters. The van der Waals surface area contributed by atoms with Crippen LogP contribution in [0.2, 0.25) is 0 Å². The molecule has 6 rings (SSSR count). The van der Waals surface area contributed by atoms with E-state index in [0.29, 0.717) is 62.3 Å². The van der Waals surface area contributed by atoms with E-state index >= 15 is 0 Å². The molecule has 44 heavy (non-hydrogen) atoms. The summed E-state index contributed by atoms with van der Waals surface area (Å²) in [7, 11) is 3.15. The number of aromatic nitrogens is 2. The second-order valence-corrected chi connectivity index (χ2v) is 10.1. The summed E-state index contributed by atoms with van der Waals surface area (Å²) in [5.74, 6) is 1.73. The number of esters is 1. The largest absolute Gasteiger partial charge is 0.497 e. The van der Waals surface area contributed by atoms with Gasteiger partial charge in [-0.25, -0.2) is 0 Å². The van der Waals surface area contributed by atoms with Crippen molar-refractivity contribution in [2.75, 3.05) is 26.3 Å². The molecule has 10 heteroatoms. The number of nitrogens with zero attached hydrogens (tertiary/aromatic N) is 2. The summed E-state index contributed by atoms with van der Waals surface area (Å²) in [6, 6.07) is 25.4. The number of anilines is 1. The standard InChI is InChI=1S/C34H29N3O7/c1-20-5-12-26(13-6-20)37-34(44-21(2)38)31(32(36-37)24-15-27(40-3)18-28(16-24)41-4)22-7-10-25(11-8-22)35-33(39)23-9-14-29-30(17-23)43-19-42-29/h5-18H,19H2,1-4H3,(H,35,39). The van der Waals surface area contributed by atoms with E-state index in [1.807, 2.05) is 55.5 Å². The van der Waals surface area contributed by atoms with E-state index in [1.54, 1.807) is 55.3 Å². The number of aryl methyl sites for hydroxylation is 1. The van der Waals surface area contributed by atoms with Gasteiger partial charge in [-0.2, -0.15) is 9.78 Å². The number of ether oxygens (including phenoxy) is 5. The van der Waals surface area contributed by atoms with Crippen LogP contribution in [0.3, 0.4) is 0 Å². The summed E-state index contributed by atoms with van der Waals surface area (Å²) in [5.41, 5.74) is 5.30. The Hall–Kier alpha value is -5.77. The SMILES string of the molecule is COc1cc(OC)cc(-c2nn(-c3ccc(C)cc3)c(OC(C)=O)c2-c2ccc(NC(=O)c3ccc4c(c3)OCO4)cc2)c1. The minimum atomic E-state index is -0.498. The summed E-state index contributed by atoms with van der Waals surface area (Å²) in [4.78, 5) is 25.4. The van der Waals surface area contributed by atoms with Crippen molar-refractivity contribution in [3.63, 3.8) is 0 Å². The molecular formula is C34H29N3O7. The smallest absolute Gasteiger partial charge is 0.309 e. The van der Waals surface area contributed by atoms with Gasteiger partial charge in [-0.3, -0.25) is 9.59 Å². The lowest BCUT2D eigenvalue weighted by Gasteiger charge is -2.11. The van der Waals surface area contributed by atoms with Gasteiger partial charge in [0.05, 0.1) is 25.5 Å². The van der Waals surface area contributed by atoms with E-state index in [1.165, 1.54) is 6.92 Å². The summed E-state index contributed by atoms with van der Waals surface area (Å²) in [6.45, 7) is 3.47. The molecule has 4 aromatic carbocycles. The minimum absolute atomic E-state index is 0.127. The fourth-order valence-corrected chi connectivity index (χ4v) is 4.86. The molecule has 2 heterocycles. The highest BCUT2D eigenvalue weighted by atomic mass is 16.7. The van der Waals surface area contributed by atoms with E-state index in [0.717, 1.165) is 5.56 Å². The van der Waals surface area contributed by atoms with Gasteiger partial charge in [-0.1, -0.05) is 29.8 Å². The second kappa shape index (κ2) is 11.8. The lowest BCUT2D eigenvalue weighted by molar-refractivity contribution is -0.132. The van der Waals surface area contributed by atoms with Gasteiger partial charge in [-0.05, 0) is 67.1 Å². The van der Waals surface area contributed by atoms with Gasteiger partial charge in [0.2, 0.25) is 12.7 Å². The predicted octanol–water partition coefficient (Wildman–Crippen LogP) is 6.44. The van der Waals surface area contributed by atoms with E-state index < -0.39 is 5.97 Å². The van der Waals surface area contributed by atoms with Gasteiger partial charge in [0, 0.05) is 29.8 Å². The van der Waals surface area contributed by atoms with Crippen molar-refractivity contribution in [3.8, 4) is 56.9 Å². The first-order valence-electron chi connectivity index (χ1n) is 13.8. The van der Waals surface area contributed by atoms with Gasteiger partial charge in [0.25, 0.3) is 5.91 Å². The monoisotopic (exact) mass is 591 g/mol. The van der Waals surface area contributed by atoms with E-state index in [9.17, 15) is 9.59 Å². The number of carbonyl (C=O) groups is 2. The molecule has 1 aromatic heterocycles. The lowest BCUT2D eigenvalue weighted by atomic mass is 10.0. The molecule has 0 saturated heterocycles. The highest BCUT2D eigenvalue weighted by Crippen LogP contribution is 2.43. The molecule has 0 bridgehead atoms. The number of carbonyl (C=O) groups excluding carboxylic acids is 2. The molecule has 10 nitrogen and oxygen atoms in total. The average Bonchev–Trinajstić information content (AvgIpc) is 3.66. The maximum absolute atomic E-state index is 13.0. The molecule has 0 aliphatic carbocycles. The van der Waals surface area contributed by atoms with E-state index in [2.05, 4.69) is 5.32 Å². The molecule has 0 saturated carbocycles. The molecule has 0 fully saturated rings. The highest BCUT2D eigenvalue weighted by Gasteiger charge is 2.26. The van der Waals surface area contributed by atoms with E-state index in [4.69, 9.17) is 28.8 Å². The maximum Gasteiger partial charge on any atom is 0.309 e. The first-order valence-corrected chi connectivity index (χ1v) is 13.8. The zero-order valence-electron chi connectivity index (χ0n) is 24.5.